The number of aryl methyl sites for hydroxylation is 2. The smallest absolute Gasteiger partial charge is 0.437 e. The first-order valence-corrected chi connectivity index (χ1v) is 10.6. The molecule has 9 nitrogen and oxygen atoms in total. The van der Waals surface area contributed by atoms with E-state index in [2.05, 4.69) is 20.6 Å². The minimum atomic E-state index is -0.492. The lowest BCUT2D eigenvalue weighted by molar-refractivity contribution is -0.671. The van der Waals surface area contributed by atoms with E-state index in [0.29, 0.717) is 28.1 Å². The molecule has 2 aromatic heterocycles. The number of fused-ring (bicyclic) bond motifs is 1. The topological polar surface area (TPSA) is 102 Å². The standard InChI is InChI=1S/C21H18N6O3S/c1-13-3-7-15(8-4-13)26-19(20(28)30-25-26)17-12-31-21-23-22-18(27(21)24-17)11-29-16-9-5-14(2)6-10-16/h3-10H,11-12H2,1-2H3/p+1. The van der Waals surface area contributed by atoms with E-state index in [0.717, 1.165) is 22.6 Å². The molecule has 0 aliphatic carbocycles. The number of ether oxygens (including phenoxy) is 1. The molecule has 0 saturated heterocycles. The summed E-state index contributed by atoms with van der Waals surface area (Å²) in [4.78, 5) is 12.5. The Morgan fingerprint density at radius 2 is 1.81 bits per heavy atom. The van der Waals surface area contributed by atoms with Gasteiger partial charge in [-0.3, -0.25) is 4.52 Å². The molecule has 1 N–H and O–H groups in total. The Morgan fingerprint density at radius 1 is 1.10 bits per heavy atom. The monoisotopic (exact) mass is 435 g/mol. The average Bonchev–Trinajstić information content (AvgIpc) is 3.37. The predicted molar refractivity (Wildman–Crippen MR) is 114 cm³/mol. The summed E-state index contributed by atoms with van der Waals surface area (Å²) in [5.74, 6) is 1.74. The summed E-state index contributed by atoms with van der Waals surface area (Å²) in [5.41, 5.74) is 3.45. The lowest BCUT2D eigenvalue weighted by Gasteiger charge is -2.11. The van der Waals surface area contributed by atoms with Gasteiger partial charge in [0.15, 0.2) is 11.5 Å². The Kier molecular flexibility index (Phi) is 4.91. The van der Waals surface area contributed by atoms with E-state index >= 15 is 0 Å². The summed E-state index contributed by atoms with van der Waals surface area (Å²) < 4.78 is 14.1. The van der Waals surface area contributed by atoms with Gasteiger partial charge < -0.3 is 4.74 Å². The molecule has 1 aliphatic heterocycles. The van der Waals surface area contributed by atoms with E-state index in [9.17, 15) is 4.79 Å². The molecule has 3 heterocycles. The molecule has 0 atom stereocenters. The molecule has 0 amide bonds. The molecule has 0 fully saturated rings. The van der Waals surface area contributed by atoms with Gasteiger partial charge in [-0.15, -0.1) is 10.2 Å². The number of hydrogen-bond donors (Lipinski definition) is 1. The third-order valence-electron chi connectivity index (χ3n) is 4.84. The maximum absolute atomic E-state index is 12.5. The van der Waals surface area contributed by atoms with Gasteiger partial charge in [-0.2, -0.15) is 9.78 Å². The van der Waals surface area contributed by atoms with Crippen molar-refractivity contribution in [3.05, 3.63) is 81.6 Å². The molecule has 10 heteroatoms. The van der Waals surface area contributed by atoms with Gasteiger partial charge >= 0.3 is 11.3 Å². The van der Waals surface area contributed by atoms with Crippen LogP contribution in [0.2, 0.25) is 0 Å². The maximum Gasteiger partial charge on any atom is 0.437 e. The summed E-state index contributed by atoms with van der Waals surface area (Å²) in [6.45, 7) is 4.23. The van der Waals surface area contributed by atoms with E-state index in [1.165, 1.54) is 11.8 Å². The number of nitrogens with one attached hydrogen (secondary N) is 1. The molecule has 2 aromatic carbocycles. The van der Waals surface area contributed by atoms with Crippen molar-refractivity contribution in [2.45, 2.75) is 25.6 Å². The number of hydrogen-bond acceptors (Lipinski definition) is 7. The number of rotatable bonds is 5. The molecule has 156 valence electrons. The minimum absolute atomic E-state index is 0.201. The van der Waals surface area contributed by atoms with Crippen LogP contribution in [-0.2, 0) is 6.61 Å². The Morgan fingerprint density at radius 3 is 2.55 bits per heavy atom. The lowest BCUT2D eigenvalue weighted by atomic mass is 10.2. The summed E-state index contributed by atoms with van der Waals surface area (Å²) in [6.07, 6.45) is 0. The molecule has 5 rings (SSSR count). The third kappa shape index (κ3) is 3.77. The second-order valence-corrected chi connectivity index (χ2v) is 8.09. The van der Waals surface area contributed by atoms with Crippen molar-refractivity contribution in [2.75, 3.05) is 5.75 Å². The Balaban J connectivity index is 1.47. The highest BCUT2D eigenvalue weighted by Gasteiger charge is 2.32. The van der Waals surface area contributed by atoms with Crippen molar-refractivity contribution in [1.29, 1.82) is 0 Å². The second-order valence-electron chi connectivity index (χ2n) is 7.15. The zero-order valence-corrected chi connectivity index (χ0v) is 17.7. The van der Waals surface area contributed by atoms with Gasteiger partial charge in [0.05, 0.1) is 5.75 Å². The van der Waals surface area contributed by atoms with Gasteiger partial charge in [-0.05, 0) is 35.9 Å². The van der Waals surface area contributed by atoms with Gasteiger partial charge in [-0.1, -0.05) is 47.2 Å². The molecule has 0 spiro atoms. The van der Waals surface area contributed by atoms with Crippen LogP contribution in [-0.4, -0.2) is 31.6 Å². The van der Waals surface area contributed by atoms with Crippen molar-refractivity contribution < 1.29 is 13.9 Å². The van der Waals surface area contributed by atoms with Crippen molar-refractivity contribution >= 4 is 17.5 Å². The quantitative estimate of drug-likeness (QED) is 0.483. The van der Waals surface area contributed by atoms with Crippen molar-refractivity contribution in [3.63, 3.8) is 0 Å². The molecule has 0 unspecified atom stereocenters. The Bertz CT molecular complexity index is 1320. The lowest BCUT2D eigenvalue weighted by Crippen LogP contribution is -2.42. The van der Waals surface area contributed by atoms with Crippen LogP contribution in [0.25, 0.3) is 5.69 Å². The zero-order valence-electron chi connectivity index (χ0n) is 16.9. The first-order valence-electron chi connectivity index (χ1n) is 9.64. The van der Waals surface area contributed by atoms with Crippen LogP contribution in [0.4, 0.5) is 0 Å². The SMILES string of the molecule is Cc1ccc(OCc2nnc3n2N=C(c2c(=O)o[nH][n+]2-c2ccc(C)cc2)CS3)cc1. The summed E-state index contributed by atoms with van der Waals surface area (Å²) in [5, 5.41) is 16.3. The molecule has 0 saturated carbocycles. The molecule has 31 heavy (non-hydrogen) atoms. The van der Waals surface area contributed by atoms with Gasteiger partial charge in [0, 0.05) is 12.1 Å². The first kappa shape index (κ1) is 19.3. The molecular formula is C21H19N6O3S+. The number of aromatic nitrogens is 5. The average molecular weight is 435 g/mol. The minimum Gasteiger partial charge on any atom is -0.486 e. The fourth-order valence-electron chi connectivity index (χ4n) is 3.15. The molecule has 0 bridgehead atoms. The van der Waals surface area contributed by atoms with E-state index in [-0.39, 0.29) is 6.61 Å². The highest BCUT2D eigenvalue weighted by Crippen LogP contribution is 2.24. The van der Waals surface area contributed by atoms with Crippen LogP contribution >= 0.6 is 11.8 Å². The number of nitrogens with zero attached hydrogens (tertiary/aromatic N) is 5. The van der Waals surface area contributed by atoms with Crippen LogP contribution < -0.4 is 15.0 Å². The van der Waals surface area contributed by atoms with Crippen molar-refractivity contribution in [1.82, 2.24) is 20.1 Å². The summed E-state index contributed by atoms with van der Waals surface area (Å²) in [6, 6.07) is 15.5. The molecular weight excluding hydrogens is 416 g/mol. The fourth-order valence-corrected chi connectivity index (χ4v) is 3.98. The van der Waals surface area contributed by atoms with E-state index in [1.54, 1.807) is 9.36 Å². The van der Waals surface area contributed by atoms with Crippen LogP contribution in [0.5, 0.6) is 5.75 Å². The predicted octanol–water partition coefficient (Wildman–Crippen LogP) is 2.39. The largest absolute Gasteiger partial charge is 0.486 e. The summed E-state index contributed by atoms with van der Waals surface area (Å²) in [7, 11) is 0. The highest BCUT2D eigenvalue weighted by molar-refractivity contribution is 7.99. The maximum atomic E-state index is 12.5. The second kappa shape index (κ2) is 7.88. The van der Waals surface area contributed by atoms with Crippen LogP contribution in [0.15, 0.2) is 68.1 Å². The molecule has 4 aromatic rings. The molecule has 0 radical (unpaired) electrons. The number of H-pyrrole nitrogens is 1. The highest BCUT2D eigenvalue weighted by atomic mass is 32.2. The Hall–Kier alpha value is -3.66. The van der Waals surface area contributed by atoms with Crippen LogP contribution in [0.1, 0.15) is 22.6 Å². The van der Waals surface area contributed by atoms with Gasteiger partial charge in [0.1, 0.15) is 12.4 Å². The van der Waals surface area contributed by atoms with Gasteiger partial charge in [0.2, 0.25) is 10.8 Å². The fraction of sp³-hybridized carbons (Fsp3) is 0.190. The van der Waals surface area contributed by atoms with E-state index in [1.807, 2.05) is 62.4 Å². The van der Waals surface area contributed by atoms with E-state index < -0.39 is 5.63 Å². The van der Waals surface area contributed by atoms with Gasteiger partial charge in [0.25, 0.3) is 0 Å². The van der Waals surface area contributed by atoms with Gasteiger partial charge in [-0.25, -0.2) is 4.79 Å². The molecule has 1 aliphatic rings. The Labute approximate surface area is 181 Å². The zero-order chi connectivity index (χ0) is 21.4. The number of aromatic amines is 1. The third-order valence-corrected chi connectivity index (χ3v) is 5.77. The normalized spacial score (nSPS) is 13.0. The summed E-state index contributed by atoms with van der Waals surface area (Å²) >= 11 is 1.45. The number of thioether (sulfide) groups is 1. The van der Waals surface area contributed by atoms with Crippen molar-refractivity contribution in [2.24, 2.45) is 5.10 Å². The number of benzene rings is 2. The van der Waals surface area contributed by atoms with E-state index in [4.69, 9.17) is 9.26 Å². The van der Waals surface area contributed by atoms with Crippen molar-refractivity contribution in [3.8, 4) is 11.4 Å². The first-order chi connectivity index (χ1) is 15.1. The van der Waals surface area contributed by atoms with Crippen LogP contribution in [0, 0.1) is 13.8 Å². The van der Waals surface area contributed by atoms with Crippen LogP contribution in [0.3, 0.4) is 0 Å².